The predicted octanol–water partition coefficient (Wildman–Crippen LogP) is 1.59. The van der Waals surface area contributed by atoms with Crippen LogP contribution in [-0.4, -0.2) is 30.2 Å². The van der Waals surface area contributed by atoms with Gasteiger partial charge in [-0.15, -0.1) is 0 Å². The maximum Gasteiger partial charge on any atom is 0.411 e. The molecule has 1 saturated heterocycles. The second-order valence-corrected chi connectivity index (χ2v) is 5.21. The third-order valence-corrected chi connectivity index (χ3v) is 3.64. The lowest BCUT2D eigenvalue weighted by atomic mass is 9.93. The number of alkyl halides is 3. The van der Waals surface area contributed by atoms with Crippen LogP contribution in [0.2, 0.25) is 0 Å². The molecule has 98 valence electrons. The zero-order valence-corrected chi connectivity index (χ0v) is 9.73. The third-order valence-electron chi connectivity index (χ3n) is 3.64. The standard InChI is InChI=1S/C11H17F3N2O/c1-7-2-5-15-8(6-7)9(17)16-10(3-4-10)11(12,13)14/h7-8,15H,2-6H2,1H3,(H,16,17). The summed E-state index contributed by atoms with van der Waals surface area (Å²) in [5.74, 6) is -0.126. The van der Waals surface area contributed by atoms with Crippen LogP contribution in [0.15, 0.2) is 0 Å². The monoisotopic (exact) mass is 250 g/mol. The van der Waals surface area contributed by atoms with Crippen LogP contribution in [0.1, 0.15) is 32.6 Å². The highest BCUT2D eigenvalue weighted by atomic mass is 19.4. The normalized spacial score (nSPS) is 32.0. The van der Waals surface area contributed by atoms with Crippen LogP contribution in [0.5, 0.6) is 0 Å². The van der Waals surface area contributed by atoms with Gasteiger partial charge in [0.25, 0.3) is 0 Å². The quantitative estimate of drug-likeness (QED) is 0.781. The molecule has 0 bridgehead atoms. The first-order chi connectivity index (χ1) is 7.84. The van der Waals surface area contributed by atoms with E-state index in [4.69, 9.17) is 0 Å². The summed E-state index contributed by atoms with van der Waals surface area (Å²) in [6, 6.07) is -0.474. The molecule has 1 aliphatic heterocycles. The Morgan fingerprint density at radius 1 is 1.41 bits per heavy atom. The van der Waals surface area contributed by atoms with Crippen LogP contribution in [0.4, 0.5) is 13.2 Å². The zero-order valence-electron chi connectivity index (χ0n) is 9.73. The van der Waals surface area contributed by atoms with Crippen LogP contribution >= 0.6 is 0 Å². The minimum absolute atomic E-state index is 0.00448. The molecule has 0 radical (unpaired) electrons. The Morgan fingerprint density at radius 2 is 2.06 bits per heavy atom. The highest BCUT2D eigenvalue weighted by Gasteiger charge is 2.64. The van der Waals surface area contributed by atoms with Crippen molar-refractivity contribution in [3.8, 4) is 0 Å². The SMILES string of the molecule is CC1CCNC(C(=O)NC2(C(F)(F)F)CC2)C1. The summed E-state index contributed by atoms with van der Waals surface area (Å²) in [5, 5.41) is 5.14. The molecule has 0 spiro atoms. The van der Waals surface area contributed by atoms with Gasteiger partial charge in [0.2, 0.25) is 5.91 Å². The number of amides is 1. The number of rotatable bonds is 2. The van der Waals surface area contributed by atoms with E-state index in [0.29, 0.717) is 18.9 Å². The number of carbonyl (C=O) groups is 1. The molecule has 2 aliphatic rings. The molecule has 1 amide bonds. The highest BCUT2D eigenvalue weighted by Crippen LogP contribution is 2.48. The van der Waals surface area contributed by atoms with Crippen molar-refractivity contribution in [3.05, 3.63) is 0 Å². The number of hydrogen-bond donors (Lipinski definition) is 2. The van der Waals surface area contributed by atoms with Crippen LogP contribution in [0.25, 0.3) is 0 Å². The van der Waals surface area contributed by atoms with E-state index in [-0.39, 0.29) is 12.8 Å². The Hall–Kier alpha value is -0.780. The van der Waals surface area contributed by atoms with Gasteiger partial charge in [-0.25, -0.2) is 0 Å². The summed E-state index contributed by atoms with van der Waals surface area (Å²) in [6.45, 7) is 2.70. The van der Waals surface area contributed by atoms with Gasteiger partial charge in [-0.05, 0) is 38.1 Å². The van der Waals surface area contributed by atoms with Gasteiger partial charge in [-0.1, -0.05) is 6.92 Å². The van der Waals surface area contributed by atoms with Crippen molar-refractivity contribution in [1.29, 1.82) is 0 Å². The molecule has 1 saturated carbocycles. The summed E-state index contributed by atoms with van der Waals surface area (Å²) in [7, 11) is 0. The molecular formula is C11H17F3N2O. The van der Waals surface area contributed by atoms with Gasteiger partial charge in [0.1, 0.15) is 5.54 Å². The lowest BCUT2D eigenvalue weighted by Gasteiger charge is -2.29. The number of hydrogen-bond acceptors (Lipinski definition) is 2. The first kappa shape index (κ1) is 12.7. The summed E-state index contributed by atoms with van der Waals surface area (Å²) in [4.78, 5) is 11.8. The second kappa shape index (κ2) is 4.15. The molecular weight excluding hydrogens is 233 g/mol. The van der Waals surface area contributed by atoms with Crippen molar-refractivity contribution in [2.75, 3.05) is 6.54 Å². The van der Waals surface area contributed by atoms with Crippen molar-refractivity contribution in [2.24, 2.45) is 5.92 Å². The molecule has 0 aromatic rings. The first-order valence-corrected chi connectivity index (χ1v) is 5.96. The van der Waals surface area contributed by atoms with Crippen molar-refractivity contribution in [3.63, 3.8) is 0 Å². The fourth-order valence-electron chi connectivity index (χ4n) is 2.23. The molecule has 0 aromatic carbocycles. The topological polar surface area (TPSA) is 41.1 Å². The first-order valence-electron chi connectivity index (χ1n) is 5.96. The van der Waals surface area contributed by atoms with Crippen molar-refractivity contribution < 1.29 is 18.0 Å². The van der Waals surface area contributed by atoms with E-state index in [9.17, 15) is 18.0 Å². The molecule has 2 N–H and O–H groups in total. The fourth-order valence-corrected chi connectivity index (χ4v) is 2.23. The molecule has 2 rings (SSSR count). The van der Waals surface area contributed by atoms with Crippen LogP contribution in [-0.2, 0) is 4.79 Å². The van der Waals surface area contributed by atoms with Gasteiger partial charge in [0.05, 0.1) is 6.04 Å². The molecule has 2 unspecified atom stereocenters. The maximum absolute atomic E-state index is 12.7. The minimum Gasteiger partial charge on any atom is -0.341 e. The zero-order chi connectivity index (χ0) is 12.7. The largest absolute Gasteiger partial charge is 0.411 e. The molecule has 2 atom stereocenters. The number of nitrogens with one attached hydrogen (secondary N) is 2. The Labute approximate surface area is 98.1 Å². The van der Waals surface area contributed by atoms with E-state index >= 15 is 0 Å². The summed E-state index contributed by atoms with van der Waals surface area (Å²) in [6.07, 6.45) is -2.74. The Morgan fingerprint density at radius 3 is 2.53 bits per heavy atom. The van der Waals surface area contributed by atoms with Gasteiger partial charge in [0.15, 0.2) is 0 Å². The molecule has 6 heteroatoms. The van der Waals surface area contributed by atoms with Gasteiger partial charge < -0.3 is 10.6 Å². The van der Waals surface area contributed by atoms with Crippen molar-refractivity contribution in [1.82, 2.24) is 10.6 Å². The average molecular weight is 250 g/mol. The van der Waals surface area contributed by atoms with E-state index in [1.807, 2.05) is 6.92 Å². The summed E-state index contributed by atoms with van der Waals surface area (Å²) in [5.41, 5.74) is -1.94. The van der Waals surface area contributed by atoms with Crippen LogP contribution < -0.4 is 10.6 Å². The Balaban J connectivity index is 1.93. The van der Waals surface area contributed by atoms with E-state index in [1.54, 1.807) is 0 Å². The number of piperidine rings is 1. The molecule has 2 fully saturated rings. The third kappa shape index (κ3) is 2.56. The van der Waals surface area contributed by atoms with Crippen LogP contribution in [0.3, 0.4) is 0 Å². The molecule has 1 heterocycles. The van der Waals surface area contributed by atoms with Gasteiger partial charge in [-0.3, -0.25) is 4.79 Å². The molecule has 1 aliphatic carbocycles. The number of carbonyl (C=O) groups excluding carboxylic acids is 1. The van der Waals surface area contributed by atoms with Gasteiger partial charge in [-0.2, -0.15) is 13.2 Å². The van der Waals surface area contributed by atoms with Crippen LogP contribution in [0, 0.1) is 5.92 Å². The summed E-state index contributed by atoms with van der Waals surface area (Å²) < 4.78 is 38.0. The smallest absolute Gasteiger partial charge is 0.341 e. The predicted molar refractivity (Wildman–Crippen MR) is 56.4 cm³/mol. The molecule has 17 heavy (non-hydrogen) atoms. The Bertz CT molecular complexity index is 312. The van der Waals surface area contributed by atoms with E-state index in [2.05, 4.69) is 10.6 Å². The van der Waals surface area contributed by atoms with E-state index < -0.39 is 23.7 Å². The average Bonchev–Trinajstić information content (AvgIpc) is 2.98. The minimum atomic E-state index is -4.33. The maximum atomic E-state index is 12.7. The van der Waals surface area contributed by atoms with E-state index in [0.717, 1.165) is 6.42 Å². The van der Waals surface area contributed by atoms with Gasteiger partial charge >= 0.3 is 6.18 Å². The molecule has 0 aromatic heterocycles. The van der Waals surface area contributed by atoms with Crippen molar-refractivity contribution in [2.45, 2.75) is 50.4 Å². The fraction of sp³-hybridized carbons (Fsp3) is 0.909. The lowest BCUT2D eigenvalue weighted by Crippen LogP contribution is -2.55. The molecule has 3 nitrogen and oxygen atoms in total. The second-order valence-electron chi connectivity index (χ2n) is 5.21. The lowest BCUT2D eigenvalue weighted by molar-refractivity contribution is -0.171. The number of halogens is 3. The highest BCUT2D eigenvalue weighted by molar-refractivity contribution is 5.83. The summed E-state index contributed by atoms with van der Waals surface area (Å²) >= 11 is 0. The van der Waals surface area contributed by atoms with Crippen molar-refractivity contribution >= 4 is 5.91 Å². The van der Waals surface area contributed by atoms with Gasteiger partial charge in [0, 0.05) is 0 Å². The Kier molecular flexibility index (Phi) is 3.10. The van der Waals surface area contributed by atoms with E-state index in [1.165, 1.54) is 0 Å².